The van der Waals surface area contributed by atoms with Gasteiger partial charge in [0.25, 0.3) is 0 Å². The number of hydrogen-bond acceptors (Lipinski definition) is 8. The fraction of sp³-hybridized carbons (Fsp3) is 0.904. The number of amides is 1. The smallest absolute Gasteiger partial charge is 0.220 e. The highest BCUT2D eigenvalue weighted by Gasteiger charge is 2.44. The van der Waals surface area contributed by atoms with E-state index in [0.29, 0.717) is 6.42 Å². The molecule has 0 aliphatic carbocycles. The standard InChI is InChI=1S/C52H99NO8/c1-3-5-7-9-11-13-15-17-19-21-22-23-24-25-26-28-30-32-34-36-38-40-42-48(56)53-45(44-60-52-51(59)50(58)49(57)47(43-54)61-52)46(55)41-39-37-35-33-31-29-27-20-18-16-14-12-10-8-6-4-2/h24-25,39,41,45-47,49-52,54-55,57-59H,3-23,26-38,40,42-44H2,1-2H3,(H,53,56)/b25-24-,41-39+. The van der Waals surface area contributed by atoms with Crippen molar-refractivity contribution in [1.29, 1.82) is 0 Å². The molecule has 360 valence electrons. The van der Waals surface area contributed by atoms with E-state index in [1.54, 1.807) is 6.08 Å². The zero-order chi connectivity index (χ0) is 44.4. The average Bonchev–Trinajstić information content (AvgIpc) is 3.26. The molecule has 1 rings (SSSR count). The third-order valence-corrected chi connectivity index (χ3v) is 12.5. The van der Waals surface area contributed by atoms with Gasteiger partial charge in [-0.1, -0.05) is 218 Å². The molecule has 1 heterocycles. The van der Waals surface area contributed by atoms with E-state index < -0.39 is 49.5 Å². The van der Waals surface area contributed by atoms with Crippen LogP contribution in [0.25, 0.3) is 0 Å². The molecule has 7 unspecified atom stereocenters. The maximum Gasteiger partial charge on any atom is 0.220 e. The molecule has 0 spiro atoms. The number of aliphatic hydroxyl groups excluding tert-OH is 5. The van der Waals surface area contributed by atoms with E-state index in [-0.39, 0.29) is 12.5 Å². The number of ether oxygens (including phenoxy) is 2. The zero-order valence-corrected chi connectivity index (χ0v) is 39.7. The molecule has 1 saturated heterocycles. The lowest BCUT2D eigenvalue weighted by Crippen LogP contribution is -2.60. The lowest BCUT2D eigenvalue weighted by atomic mass is 9.99. The average molecular weight is 866 g/mol. The Hall–Kier alpha value is -1.33. The van der Waals surface area contributed by atoms with E-state index in [0.717, 1.165) is 38.5 Å². The molecule has 1 fully saturated rings. The Morgan fingerprint density at radius 1 is 0.541 bits per heavy atom. The number of carbonyl (C=O) groups is 1. The Labute approximate surface area is 375 Å². The van der Waals surface area contributed by atoms with Gasteiger partial charge in [0, 0.05) is 6.42 Å². The van der Waals surface area contributed by atoms with Crippen molar-refractivity contribution < 1.29 is 39.8 Å². The second-order valence-electron chi connectivity index (χ2n) is 18.3. The van der Waals surface area contributed by atoms with Crippen molar-refractivity contribution in [3.05, 3.63) is 24.3 Å². The molecule has 7 atom stereocenters. The van der Waals surface area contributed by atoms with E-state index in [2.05, 4.69) is 31.3 Å². The molecule has 9 heteroatoms. The number of rotatable bonds is 44. The van der Waals surface area contributed by atoms with E-state index in [9.17, 15) is 30.3 Å². The van der Waals surface area contributed by atoms with Gasteiger partial charge in [0.1, 0.15) is 24.4 Å². The molecule has 0 aromatic heterocycles. The van der Waals surface area contributed by atoms with Crippen LogP contribution in [0, 0.1) is 0 Å². The fourth-order valence-electron chi connectivity index (χ4n) is 8.33. The Balaban J connectivity index is 2.28. The lowest BCUT2D eigenvalue weighted by Gasteiger charge is -2.40. The summed E-state index contributed by atoms with van der Waals surface area (Å²) in [6.07, 6.45) is 45.1. The summed E-state index contributed by atoms with van der Waals surface area (Å²) in [6, 6.07) is -0.804. The van der Waals surface area contributed by atoms with Crippen LogP contribution in [0.15, 0.2) is 24.3 Å². The van der Waals surface area contributed by atoms with Gasteiger partial charge in [-0.05, 0) is 44.9 Å². The summed E-state index contributed by atoms with van der Waals surface area (Å²) in [5.74, 6) is -0.179. The Bertz CT molecular complexity index is 1010. The minimum absolute atomic E-state index is 0.179. The summed E-state index contributed by atoms with van der Waals surface area (Å²) in [6.45, 7) is 3.79. The van der Waals surface area contributed by atoms with Crippen molar-refractivity contribution >= 4 is 5.91 Å². The lowest BCUT2D eigenvalue weighted by molar-refractivity contribution is -0.302. The SMILES string of the molecule is CCCCCCCCCCCCC/C=C\CCCCCCCCCC(=O)NC(COC1OC(CO)C(O)C(O)C1O)C(O)/C=C/CCCCCCCCCCCCCCCC. The summed E-state index contributed by atoms with van der Waals surface area (Å²) < 4.78 is 11.2. The number of carbonyl (C=O) groups excluding carboxylic acids is 1. The van der Waals surface area contributed by atoms with Gasteiger partial charge in [-0.25, -0.2) is 0 Å². The third kappa shape index (κ3) is 32.9. The summed E-state index contributed by atoms with van der Waals surface area (Å²) in [4.78, 5) is 13.0. The minimum atomic E-state index is -1.57. The molecule has 6 N–H and O–H groups in total. The maximum atomic E-state index is 13.0. The number of hydrogen-bond donors (Lipinski definition) is 6. The Morgan fingerprint density at radius 2 is 0.918 bits per heavy atom. The van der Waals surface area contributed by atoms with Crippen LogP contribution in [0.1, 0.15) is 245 Å². The van der Waals surface area contributed by atoms with Crippen molar-refractivity contribution in [2.24, 2.45) is 0 Å². The molecule has 61 heavy (non-hydrogen) atoms. The molecule has 1 amide bonds. The van der Waals surface area contributed by atoms with Gasteiger partial charge >= 0.3 is 0 Å². The number of aliphatic hydroxyl groups is 5. The van der Waals surface area contributed by atoms with Gasteiger partial charge in [0.15, 0.2) is 6.29 Å². The van der Waals surface area contributed by atoms with Crippen molar-refractivity contribution in [2.45, 2.75) is 288 Å². The first kappa shape index (κ1) is 57.7. The summed E-state index contributed by atoms with van der Waals surface area (Å²) >= 11 is 0. The van der Waals surface area contributed by atoms with E-state index in [4.69, 9.17) is 9.47 Å². The fourth-order valence-corrected chi connectivity index (χ4v) is 8.33. The second-order valence-corrected chi connectivity index (χ2v) is 18.3. The Kier molecular flexibility index (Phi) is 40.3. The molecule has 0 saturated carbocycles. The van der Waals surface area contributed by atoms with Crippen molar-refractivity contribution in [1.82, 2.24) is 5.32 Å². The molecule has 0 radical (unpaired) electrons. The quantitative estimate of drug-likeness (QED) is 0.0262. The van der Waals surface area contributed by atoms with E-state index in [1.807, 2.05) is 6.08 Å². The van der Waals surface area contributed by atoms with Crippen LogP contribution in [0.4, 0.5) is 0 Å². The maximum absolute atomic E-state index is 13.0. The van der Waals surface area contributed by atoms with Gasteiger partial charge in [-0.2, -0.15) is 0 Å². The van der Waals surface area contributed by atoms with Gasteiger partial charge in [0.2, 0.25) is 5.91 Å². The molecule has 0 aromatic carbocycles. The normalized spacial score (nSPS) is 20.5. The molecular weight excluding hydrogens is 767 g/mol. The molecular formula is C52H99NO8. The number of allylic oxidation sites excluding steroid dienone is 3. The topological polar surface area (TPSA) is 149 Å². The summed E-state index contributed by atoms with van der Waals surface area (Å²) in [5, 5.41) is 54.3. The van der Waals surface area contributed by atoms with Crippen LogP contribution < -0.4 is 5.32 Å². The van der Waals surface area contributed by atoms with E-state index in [1.165, 1.54) is 186 Å². The number of nitrogens with one attached hydrogen (secondary N) is 1. The first-order valence-electron chi connectivity index (χ1n) is 26.1. The first-order chi connectivity index (χ1) is 29.8. The Morgan fingerprint density at radius 3 is 1.33 bits per heavy atom. The van der Waals surface area contributed by atoms with Crippen LogP contribution in [0.3, 0.4) is 0 Å². The molecule has 0 aromatic rings. The molecule has 0 bridgehead atoms. The predicted molar refractivity (Wildman–Crippen MR) is 253 cm³/mol. The summed E-state index contributed by atoms with van der Waals surface area (Å²) in [5.41, 5.74) is 0. The third-order valence-electron chi connectivity index (χ3n) is 12.5. The van der Waals surface area contributed by atoms with Crippen LogP contribution in [0.5, 0.6) is 0 Å². The van der Waals surface area contributed by atoms with Crippen LogP contribution in [-0.2, 0) is 14.3 Å². The minimum Gasteiger partial charge on any atom is -0.394 e. The molecule has 1 aliphatic rings. The van der Waals surface area contributed by atoms with Crippen LogP contribution in [-0.4, -0.2) is 87.5 Å². The monoisotopic (exact) mass is 866 g/mol. The zero-order valence-electron chi connectivity index (χ0n) is 39.7. The van der Waals surface area contributed by atoms with Crippen LogP contribution in [0.2, 0.25) is 0 Å². The molecule has 1 aliphatic heterocycles. The van der Waals surface area contributed by atoms with Gasteiger partial charge in [0.05, 0.1) is 25.4 Å². The van der Waals surface area contributed by atoms with Crippen molar-refractivity contribution in [2.75, 3.05) is 13.2 Å². The highest BCUT2D eigenvalue weighted by atomic mass is 16.7. The second kappa shape index (κ2) is 42.6. The largest absolute Gasteiger partial charge is 0.394 e. The van der Waals surface area contributed by atoms with Crippen LogP contribution >= 0.6 is 0 Å². The van der Waals surface area contributed by atoms with Gasteiger partial charge in [-0.15, -0.1) is 0 Å². The first-order valence-corrected chi connectivity index (χ1v) is 26.1. The summed E-state index contributed by atoms with van der Waals surface area (Å²) in [7, 11) is 0. The predicted octanol–water partition coefficient (Wildman–Crippen LogP) is 11.8. The van der Waals surface area contributed by atoms with Crippen molar-refractivity contribution in [3.8, 4) is 0 Å². The van der Waals surface area contributed by atoms with Crippen molar-refractivity contribution in [3.63, 3.8) is 0 Å². The van der Waals surface area contributed by atoms with Gasteiger partial charge in [-0.3, -0.25) is 4.79 Å². The highest BCUT2D eigenvalue weighted by Crippen LogP contribution is 2.23. The van der Waals surface area contributed by atoms with E-state index >= 15 is 0 Å². The number of unbranched alkanes of at least 4 members (excludes halogenated alkanes) is 32. The van der Waals surface area contributed by atoms with Gasteiger partial charge < -0.3 is 40.3 Å². The molecule has 9 nitrogen and oxygen atoms in total. The highest BCUT2D eigenvalue weighted by molar-refractivity contribution is 5.76.